The van der Waals surface area contributed by atoms with Crippen LogP contribution in [0.4, 0.5) is 17.3 Å². The first-order valence-electron chi connectivity index (χ1n) is 7.97. The number of carbonyl (C=O) groups is 1. The summed E-state index contributed by atoms with van der Waals surface area (Å²) in [6, 6.07) is 11.4. The largest absolute Gasteiger partial charge is 0.360 e. The molecule has 0 bridgehead atoms. The normalized spacial score (nSPS) is 10.5. The average molecular weight is 337 g/mol. The molecule has 7 nitrogen and oxygen atoms in total. The van der Waals surface area contributed by atoms with Gasteiger partial charge in [0.1, 0.15) is 23.6 Å². The van der Waals surface area contributed by atoms with E-state index in [0.717, 1.165) is 11.3 Å². The number of aromatic nitrogens is 3. The number of hydrogen-bond acceptors (Lipinski definition) is 6. The molecular weight excluding hydrogens is 318 g/mol. The highest BCUT2D eigenvalue weighted by Crippen LogP contribution is 2.24. The summed E-state index contributed by atoms with van der Waals surface area (Å²) >= 11 is 0. The second kappa shape index (κ2) is 7.12. The van der Waals surface area contributed by atoms with Gasteiger partial charge in [-0.1, -0.05) is 17.3 Å². The summed E-state index contributed by atoms with van der Waals surface area (Å²) in [7, 11) is 0. The first-order valence-corrected chi connectivity index (χ1v) is 7.97. The van der Waals surface area contributed by atoms with Crippen molar-refractivity contribution in [2.45, 2.75) is 20.8 Å². The van der Waals surface area contributed by atoms with Crippen LogP contribution in [0.3, 0.4) is 0 Å². The van der Waals surface area contributed by atoms with E-state index in [0.29, 0.717) is 23.9 Å². The Hall–Kier alpha value is -3.22. The molecule has 1 amide bonds. The fourth-order valence-corrected chi connectivity index (χ4v) is 2.50. The van der Waals surface area contributed by atoms with Crippen LogP contribution >= 0.6 is 0 Å². The Kier molecular flexibility index (Phi) is 4.74. The molecule has 0 saturated carbocycles. The topological polar surface area (TPSA) is 84.2 Å². The second-order valence-corrected chi connectivity index (χ2v) is 5.62. The van der Waals surface area contributed by atoms with Crippen LogP contribution in [-0.2, 0) is 0 Å². The molecule has 0 radical (unpaired) electrons. The van der Waals surface area contributed by atoms with Gasteiger partial charge in [-0.2, -0.15) is 0 Å². The minimum Gasteiger partial charge on any atom is -0.360 e. The standard InChI is InChI=1S/C18H19N5O2/c1-4-23(14-7-5-6-12(2)8-14)17-10-15(19-11-20-17)18(24)21-16-9-13(3)25-22-16/h5-11H,4H2,1-3H3,(H,21,22,24). The Morgan fingerprint density at radius 2 is 2.04 bits per heavy atom. The molecule has 0 unspecified atom stereocenters. The van der Waals surface area contributed by atoms with E-state index in [9.17, 15) is 4.79 Å². The number of nitrogens with one attached hydrogen (secondary N) is 1. The Balaban J connectivity index is 1.85. The van der Waals surface area contributed by atoms with Crippen molar-refractivity contribution in [2.75, 3.05) is 16.8 Å². The van der Waals surface area contributed by atoms with Crippen molar-refractivity contribution in [2.24, 2.45) is 0 Å². The van der Waals surface area contributed by atoms with Gasteiger partial charge in [-0.25, -0.2) is 9.97 Å². The third kappa shape index (κ3) is 3.82. The van der Waals surface area contributed by atoms with Crippen molar-refractivity contribution in [1.82, 2.24) is 15.1 Å². The molecule has 2 aromatic heterocycles. The summed E-state index contributed by atoms with van der Waals surface area (Å²) in [5.74, 6) is 1.27. The molecule has 0 atom stereocenters. The third-order valence-corrected chi connectivity index (χ3v) is 3.66. The predicted molar refractivity (Wildman–Crippen MR) is 95.1 cm³/mol. The molecular formula is C18H19N5O2. The zero-order valence-corrected chi connectivity index (χ0v) is 14.4. The lowest BCUT2D eigenvalue weighted by Crippen LogP contribution is -2.20. The average Bonchev–Trinajstić information content (AvgIpc) is 3.01. The summed E-state index contributed by atoms with van der Waals surface area (Å²) in [5, 5.41) is 6.41. The number of rotatable bonds is 5. The Bertz CT molecular complexity index is 890. The van der Waals surface area contributed by atoms with E-state index in [1.54, 1.807) is 19.1 Å². The molecule has 3 rings (SSSR count). The maximum atomic E-state index is 12.4. The van der Waals surface area contributed by atoms with Gasteiger partial charge in [0.05, 0.1) is 0 Å². The monoisotopic (exact) mass is 337 g/mol. The van der Waals surface area contributed by atoms with E-state index in [2.05, 4.69) is 26.5 Å². The van der Waals surface area contributed by atoms with Gasteiger partial charge in [0, 0.05) is 24.4 Å². The molecule has 2 heterocycles. The Morgan fingerprint density at radius 1 is 1.20 bits per heavy atom. The summed E-state index contributed by atoms with van der Waals surface area (Å²) in [4.78, 5) is 22.8. The minimum absolute atomic E-state index is 0.261. The predicted octanol–water partition coefficient (Wildman–Crippen LogP) is 3.49. The van der Waals surface area contributed by atoms with Crippen LogP contribution in [0.15, 0.2) is 47.2 Å². The summed E-state index contributed by atoms with van der Waals surface area (Å²) in [5.41, 5.74) is 2.43. The fourth-order valence-electron chi connectivity index (χ4n) is 2.50. The van der Waals surface area contributed by atoms with Crippen LogP contribution in [0.2, 0.25) is 0 Å². The molecule has 7 heteroatoms. The van der Waals surface area contributed by atoms with Gasteiger partial charge in [-0.05, 0) is 38.5 Å². The molecule has 0 aliphatic heterocycles. The van der Waals surface area contributed by atoms with Gasteiger partial charge >= 0.3 is 0 Å². The number of anilines is 3. The molecule has 0 aliphatic carbocycles. The van der Waals surface area contributed by atoms with Crippen LogP contribution < -0.4 is 10.2 Å². The van der Waals surface area contributed by atoms with Crippen molar-refractivity contribution >= 4 is 23.2 Å². The number of nitrogens with zero attached hydrogens (tertiary/aromatic N) is 4. The molecule has 128 valence electrons. The van der Waals surface area contributed by atoms with Gasteiger partial charge in [-0.3, -0.25) is 4.79 Å². The van der Waals surface area contributed by atoms with Gasteiger partial charge in [-0.15, -0.1) is 0 Å². The summed E-state index contributed by atoms with van der Waals surface area (Å²) in [6.45, 7) is 6.54. The highest BCUT2D eigenvalue weighted by atomic mass is 16.5. The van der Waals surface area contributed by atoms with Gasteiger partial charge < -0.3 is 14.7 Å². The highest BCUT2D eigenvalue weighted by Gasteiger charge is 2.15. The van der Waals surface area contributed by atoms with Crippen LogP contribution in [0.1, 0.15) is 28.7 Å². The number of aryl methyl sites for hydroxylation is 2. The zero-order chi connectivity index (χ0) is 17.8. The second-order valence-electron chi connectivity index (χ2n) is 5.62. The molecule has 1 aromatic carbocycles. The molecule has 25 heavy (non-hydrogen) atoms. The van der Waals surface area contributed by atoms with E-state index >= 15 is 0 Å². The van der Waals surface area contributed by atoms with Crippen molar-refractivity contribution < 1.29 is 9.32 Å². The van der Waals surface area contributed by atoms with Gasteiger partial charge in [0.15, 0.2) is 5.82 Å². The molecule has 3 aromatic rings. The summed E-state index contributed by atoms with van der Waals surface area (Å²) in [6.07, 6.45) is 1.39. The Morgan fingerprint density at radius 3 is 2.72 bits per heavy atom. The highest BCUT2D eigenvalue weighted by molar-refractivity contribution is 6.02. The van der Waals surface area contributed by atoms with Gasteiger partial charge in [0.25, 0.3) is 5.91 Å². The minimum atomic E-state index is -0.364. The molecule has 0 fully saturated rings. The summed E-state index contributed by atoms with van der Waals surface area (Å²) < 4.78 is 4.94. The first-order chi connectivity index (χ1) is 12.1. The molecule has 0 saturated heterocycles. The maximum Gasteiger partial charge on any atom is 0.275 e. The first kappa shape index (κ1) is 16.6. The molecule has 1 N–H and O–H groups in total. The van der Waals surface area contributed by atoms with Crippen LogP contribution in [0.25, 0.3) is 0 Å². The fraction of sp³-hybridized carbons (Fsp3) is 0.222. The lowest BCUT2D eigenvalue weighted by molar-refractivity contribution is 0.102. The van der Waals surface area contributed by atoms with E-state index in [1.165, 1.54) is 6.33 Å². The van der Waals surface area contributed by atoms with Crippen LogP contribution in [-0.4, -0.2) is 27.6 Å². The van der Waals surface area contributed by atoms with E-state index in [1.807, 2.05) is 36.9 Å². The smallest absolute Gasteiger partial charge is 0.275 e. The SMILES string of the molecule is CCN(c1cccc(C)c1)c1cc(C(=O)Nc2cc(C)on2)ncn1. The van der Waals surface area contributed by atoms with Crippen molar-refractivity contribution in [3.05, 3.63) is 59.7 Å². The van der Waals surface area contributed by atoms with Crippen molar-refractivity contribution in [3.63, 3.8) is 0 Å². The van der Waals surface area contributed by atoms with E-state index < -0.39 is 0 Å². The number of amides is 1. The van der Waals surface area contributed by atoms with E-state index in [4.69, 9.17) is 4.52 Å². The van der Waals surface area contributed by atoms with Crippen LogP contribution in [0.5, 0.6) is 0 Å². The molecule has 0 spiro atoms. The number of hydrogen-bond donors (Lipinski definition) is 1. The molecule has 0 aliphatic rings. The van der Waals surface area contributed by atoms with Gasteiger partial charge in [0.2, 0.25) is 0 Å². The number of carbonyl (C=O) groups excluding carboxylic acids is 1. The van der Waals surface area contributed by atoms with Crippen molar-refractivity contribution in [3.8, 4) is 0 Å². The Labute approximate surface area is 145 Å². The zero-order valence-electron chi connectivity index (χ0n) is 14.4. The van der Waals surface area contributed by atoms with Crippen LogP contribution in [0, 0.1) is 13.8 Å². The maximum absolute atomic E-state index is 12.4. The lowest BCUT2D eigenvalue weighted by Gasteiger charge is -2.22. The quantitative estimate of drug-likeness (QED) is 0.767. The van der Waals surface area contributed by atoms with E-state index in [-0.39, 0.29) is 11.6 Å². The third-order valence-electron chi connectivity index (χ3n) is 3.66. The number of benzene rings is 1. The lowest BCUT2D eigenvalue weighted by atomic mass is 10.2. The van der Waals surface area contributed by atoms with Crippen molar-refractivity contribution in [1.29, 1.82) is 0 Å².